The maximum atomic E-state index is 11.1. The Labute approximate surface area is 122 Å². The van der Waals surface area contributed by atoms with Crippen molar-refractivity contribution in [3.8, 4) is 0 Å². The summed E-state index contributed by atoms with van der Waals surface area (Å²) in [5.41, 5.74) is 0. The van der Waals surface area contributed by atoms with Crippen LogP contribution >= 0.6 is 0 Å². The number of carboxylic acid groups (broad SMARTS) is 1. The van der Waals surface area contributed by atoms with E-state index in [0.717, 1.165) is 31.6 Å². The maximum Gasteiger partial charge on any atom is 0.320 e. The first-order chi connectivity index (χ1) is 9.61. The first-order valence-corrected chi connectivity index (χ1v) is 8.00. The van der Waals surface area contributed by atoms with Crippen LogP contribution < -0.4 is 5.32 Å². The lowest BCUT2D eigenvalue weighted by atomic mass is 9.84. The van der Waals surface area contributed by atoms with Gasteiger partial charge in [0.05, 0.1) is 0 Å². The van der Waals surface area contributed by atoms with Crippen molar-refractivity contribution in [1.29, 1.82) is 0 Å². The van der Waals surface area contributed by atoms with E-state index in [9.17, 15) is 4.79 Å². The predicted molar refractivity (Wildman–Crippen MR) is 79.9 cm³/mol. The third-order valence-corrected chi connectivity index (χ3v) is 4.91. The van der Waals surface area contributed by atoms with Gasteiger partial charge >= 0.3 is 5.97 Å². The summed E-state index contributed by atoms with van der Waals surface area (Å²) in [5, 5.41) is 12.2. The summed E-state index contributed by atoms with van der Waals surface area (Å²) in [7, 11) is 2.25. The number of nitrogens with one attached hydrogen (secondary N) is 1. The number of hydrogen-bond donors (Lipinski definition) is 2. The van der Waals surface area contributed by atoms with Crippen LogP contribution in [0, 0.1) is 5.92 Å². The molecule has 0 radical (unpaired) electrons. The molecule has 20 heavy (non-hydrogen) atoms. The number of carbonyl (C=O) groups is 1. The highest BCUT2D eigenvalue weighted by Crippen LogP contribution is 2.29. The molecule has 2 heterocycles. The average molecular weight is 283 g/mol. The molecule has 0 spiro atoms. The Kier molecular flexibility index (Phi) is 5.81. The number of likely N-dealkylation sites (N-methyl/N-ethyl adjacent to an activating group) is 1. The number of nitrogens with zero attached hydrogens (tertiary/aromatic N) is 2. The van der Waals surface area contributed by atoms with Crippen molar-refractivity contribution in [2.45, 2.75) is 44.7 Å². The molecule has 116 valence electrons. The molecule has 3 unspecified atom stereocenters. The number of rotatable bonds is 6. The minimum Gasteiger partial charge on any atom is -0.480 e. The van der Waals surface area contributed by atoms with Crippen LogP contribution in [0.5, 0.6) is 0 Å². The third kappa shape index (κ3) is 3.93. The fraction of sp³-hybridized carbons (Fsp3) is 0.933. The van der Waals surface area contributed by atoms with Gasteiger partial charge in [-0.1, -0.05) is 6.92 Å². The lowest BCUT2D eigenvalue weighted by Gasteiger charge is -2.46. The van der Waals surface area contributed by atoms with Crippen LogP contribution in [0.4, 0.5) is 0 Å². The van der Waals surface area contributed by atoms with Crippen molar-refractivity contribution >= 4 is 5.97 Å². The number of aliphatic carboxylic acids is 1. The Morgan fingerprint density at radius 1 is 1.40 bits per heavy atom. The standard InChI is InChI=1S/C15H29N3O2/c1-3-16-13(15(19)20)6-9-18-10-7-14-12(11-18)5-4-8-17(14)2/h12-14,16H,3-11H2,1-2H3,(H,19,20). The van der Waals surface area contributed by atoms with E-state index in [1.54, 1.807) is 0 Å². The van der Waals surface area contributed by atoms with Crippen LogP contribution in [0.3, 0.4) is 0 Å². The van der Waals surface area contributed by atoms with Crippen LogP contribution in [-0.2, 0) is 4.79 Å². The SMILES string of the molecule is CCNC(CCN1CCC2C(CCCN2C)C1)C(=O)O. The normalized spacial score (nSPS) is 29.9. The van der Waals surface area contributed by atoms with Crippen molar-refractivity contribution < 1.29 is 9.90 Å². The predicted octanol–water partition coefficient (Wildman–Crippen LogP) is 0.855. The molecule has 0 saturated carbocycles. The van der Waals surface area contributed by atoms with Gasteiger partial charge in [-0.25, -0.2) is 0 Å². The molecular formula is C15H29N3O2. The zero-order valence-corrected chi connectivity index (χ0v) is 12.8. The average Bonchev–Trinajstić information content (AvgIpc) is 2.43. The summed E-state index contributed by atoms with van der Waals surface area (Å²) in [6.45, 7) is 7.07. The van der Waals surface area contributed by atoms with Gasteiger partial charge in [-0.2, -0.15) is 0 Å². The molecule has 5 nitrogen and oxygen atoms in total. The summed E-state index contributed by atoms with van der Waals surface area (Å²) in [6, 6.07) is 0.357. The highest BCUT2D eigenvalue weighted by Gasteiger charge is 2.34. The van der Waals surface area contributed by atoms with Crippen LogP contribution in [0.1, 0.15) is 32.6 Å². The second-order valence-corrected chi connectivity index (χ2v) is 6.28. The van der Waals surface area contributed by atoms with Crippen LogP contribution in [0.25, 0.3) is 0 Å². The van der Waals surface area contributed by atoms with Gasteiger partial charge < -0.3 is 20.2 Å². The summed E-state index contributed by atoms with van der Waals surface area (Å²) in [6.07, 6.45) is 4.58. The highest BCUT2D eigenvalue weighted by atomic mass is 16.4. The molecular weight excluding hydrogens is 254 g/mol. The summed E-state index contributed by atoms with van der Waals surface area (Å²) >= 11 is 0. The zero-order valence-electron chi connectivity index (χ0n) is 12.8. The zero-order chi connectivity index (χ0) is 14.5. The molecule has 5 heteroatoms. The maximum absolute atomic E-state index is 11.1. The van der Waals surface area contributed by atoms with Crippen molar-refractivity contribution in [3.63, 3.8) is 0 Å². The molecule has 2 N–H and O–H groups in total. The minimum absolute atomic E-state index is 0.397. The van der Waals surface area contributed by atoms with Gasteiger partial charge in [-0.3, -0.25) is 4.79 Å². The van der Waals surface area contributed by atoms with E-state index < -0.39 is 12.0 Å². The van der Waals surface area contributed by atoms with E-state index in [2.05, 4.69) is 22.2 Å². The minimum atomic E-state index is -0.723. The van der Waals surface area contributed by atoms with E-state index in [0.29, 0.717) is 13.0 Å². The number of carboxylic acids is 1. The van der Waals surface area contributed by atoms with Crippen LogP contribution in [0.15, 0.2) is 0 Å². The lowest BCUT2D eigenvalue weighted by molar-refractivity contribution is -0.139. The van der Waals surface area contributed by atoms with Gasteiger partial charge in [0, 0.05) is 19.1 Å². The molecule has 2 aliphatic heterocycles. The van der Waals surface area contributed by atoms with E-state index in [-0.39, 0.29) is 0 Å². The number of piperidine rings is 2. The number of hydrogen-bond acceptors (Lipinski definition) is 4. The Hall–Kier alpha value is -0.650. The van der Waals surface area contributed by atoms with Gasteiger partial charge in [0.2, 0.25) is 0 Å². The summed E-state index contributed by atoms with van der Waals surface area (Å²) < 4.78 is 0. The molecule has 0 bridgehead atoms. The van der Waals surface area contributed by atoms with Crippen molar-refractivity contribution in [2.75, 3.05) is 39.8 Å². The largest absolute Gasteiger partial charge is 0.480 e. The van der Waals surface area contributed by atoms with E-state index in [1.807, 2.05) is 6.92 Å². The topological polar surface area (TPSA) is 55.8 Å². The second kappa shape index (κ2) is 7.38. The Balaban J connectivity index is 1.78. The molecule has 2 aliphatic rings. The molecule has 2 saturated heterocycles. The summed E-state index contributed by atoms with van der Waals surface area (Å²) in [5.74, 6) is 0.0593. The fourth-order valence-electron chi connectivity index (χ4n) is 3.80. The molecule has 0 aromatic rings. The monoisotopic (exact) mass is 283 g/mol. The molecule has 0 aliphatic carbocycles. The van der Waals surface area contributed by atoms with E-state index >= 15 is 0 Å². The van der Waals surface area contributed by atoms with E-state index in [4.69, 9.17) is 5.11 Å². The molecule has 2 rings (SSSR count). The van der Waals surface area contributed by atoms with Crippen molar-refractivity contribution in [3.05, 3.63) is 0 Å². The number of likely N-dealkylation sites (tertiary alicyclic amines) is 2. The van der Waals surface area contributed by atoms with Crippen LogP contribution in [-0.4, -0.2) is 72.7 Å². The first kappa shape index (κ1) is 15.7. The molecule has 2 fully saturated rings. The highest BCUT2D eigenvalue weighted by molar-refractivity contribution is 5.73. The first-order valence-electron chi connectivity index (χ1n) is 8.00. The van der Waals surface area contributed by atoms with Gasteiger partial charge in [0.1, 0.15) is 6.04 Å². The van der Waals surface area contributed by atoms with Gasteiger partial charge in [-0.05, 0) is 58.3 Å². The fourth-order valence-corrected chi connectivity index (χ4v) is 3.80. The third-order valence-electron chi connectivity index (χ3n) is 4.91. The van der Waals surface area contributed by atoms with E-state index in [1.165, 1.54) is 25.8 Å². The summed E-state index contributed by atoms with van der Waals surface area (Å²) in [4.78, 5) is 16.1. The second-order valence-electron chi connectivity index (χ2n) is 6.28. The Morgan fingerprint density at radius 2 is 2.20 bits per heavy atom. The van der Waals surface area contributed by atoms with Gasteiger partial charge in [-0.15, -0.1) is 0 Å². The smallest absolute Gasteiger partial charge is 0.320 e. The van der Waals surface area contributed by atoms with Gasteiger partial charge in [0.25, 0.3) is 0 Å². The molecule has 0 aromatic heterocycles. The quantitative estimate of drug-likeness (QED) is 0.757. The van der Waals surface area contributed by atoms with Crippen molar-refractivity contribution in [1.82, 2.24) is 15.1 Å². The molecule has 3 atom stereocenters. The Bertz CT molecular complexity index is 324. The lowest BCUT2D eigenvalue weighted by Crippen LogP contribution is -2.53. The molecule has 0 aromatic carbocycles. The van der Waals surface area contributed by atoms with Crippen LogP contribution in [0.2, 0.25) is 0 Å². The Morgan fingerprint density at radius 3 is 2.90 bits per heavy atom. The number of fused-ring (bicyclic) bond motifs is 1. The molecule has 0 amide bonds. The van der Waals surface area contributed by atoms with Gasteiger partial charge in [0.15, 0.2) is 0 Å². The van der Waals surface area contributed by atoms with Crippen molar-refractivity contribution in [2.24, 2.45) is 5.92 Å².